The van der Waals surface area contributed by atoms with Gasteiger partial charge in [-0.2, -0.15) is 0 Å². The van der Waals surface area contributed by atoms with Gasteiger partial charge < -0.3 is 10.4 Å². The van der Waals surface area contributed by atoms with E-state index in [1.807, 2.05) is 0 Å². The first-order valence-electron chi connectivity index (χ1n) is 4.76. The van der Waals surface area contributed by atoms with E-state index in [1.54, 1.807) is 6.92 Å². The number of carbonyl (C=O) groups is 1. The number of carboxylic acid groups (broad SMARTS) is 1. The second-order valence-corrected chi connectivity index (χ2v) is 6.12. The topological polar surface area (TPSA) is 122 Å². The molecule has 17 heavy (non-hydrogen) atoms. The number of anilines is 1. The average molecular weight is 279 g/mol. The van der Waals surface area contributed by atoms with Crippen LogP contribution >= 0.6 is 11.3 Å². The predicted octanol–water partition coefficient (Wildman–Crippen LogP) is 0.376. The van der Waals surface area contributed by atoms with Gasteiger partial charge in [0.25, 0.3) is 0 Å². The molecular weight excluding hydrogens is 266 g/mol. The molecule has 0 aromatic carbocycles. The number of aryl methyl sites for hydroxylation is 1. The SMILES string of the molecule is Cc1nc(NCCCC(=O)O)sc1S(N)(=O)=O. The maximum atomic E-state index is 11.1. The maximum Gasteiger partial charge on any atom is 0.303 e. The van der Waals surface area contributed by atoms with E-state index in [1.165, 1.54) is 0 Å². The predicted molar refractivity (Wildman–Crippen MR) is 63.6 cm³/mol. The average Bonchev–Trinajstić information content (AvgIpc) is 2.53. The van der Waals surface area contributed by atoms with Crippen LogP contribution in [-0.2, 0) is 14.8 Å². The molecule has 4 N–H and O–H groups in total. The third-order valence-electron chi connectivity index (χ3n) is 1.86. The Morgan fingerprint density at radius 1 is 1.59 bits per heavy atom. The van der Waals surface area contributed by atoms with Gasteiger partial charge in [0.15, 0.2) is 9.34 Å². The molecule has 7 nitrogen and oxygen atoms in total. The van der Waals surface area contributed by atoms with Gasteiger partial charge in [-0.1, -0.05) is 11.3 Å². The standard InChI is InChI=1S/C8H13N3O4S2/c1-5-7(17(9,14)15)16-8(11-5)10-4-2-3-6(12)13/h2-4H2,1H3,(H,10,11)(H,12,13)(H2,9,14,15). The zero-order valence-electron chi connectivity index (χ0n) is 9.13. The van der Waals surface area contributed by atoms with Crippen molar-refractivity contribution < 1.29 is 18.3 Å². The van der Waals surface area contributed by atoms with Gasteiger partial charge in [0.1, 0.15) is 0 Å². The molecule has 0 amide bonds. The normalized spacial score (nSPS) is 11.4. The molecule has 0 aliphatic rings. The van der Waals surface area contributed by atoms with Gasteiger partial charge in [0.05, 0.1) is 5.69 Å². The highest BCUT2D eigenvalue weighted by atomic mass is 32.2. The Kier molecular flexibility index (Phi) is 4.43. The zero-order valence-corrected chi connectivity index (χ0v) is 10.8. The van der Waals surface area contributed by atoms with Gasteiger partial charge in [-0.25, -0.2) is 18.5 Å². The van der Waals surface area contributed by atoms with Gasteiger partial charge in [0.2, 0.25) is 10.0 Å². The van der Waals surface area contributed by atoms with Gasteiger partial charge in [-0.15, -0.1) is 0 Å². The van der Waals surface area contributed by atoms with Crippen LogP contribution in [0.15, 0.2) is 4.21 Å². The summed E-state index contributed by atoms with van der Waals surface area (Å²) >= 11 is 0.943. The highest BCUT2D eigenvalue weighted by Crippen LogP contribution is 2.25. The molecule has 1 rings (SSSR count). The first-order valence-corrected chi connectivity index (χ1v) is 7.13. The van der Waals surface area contributed by atoms with E-state index in [4.69, 9.17) is 10.2 Å². The largest absolute Gasteiger partial charge is 0.481 e. The highest BCUT2D eigenvalue weighted by molar-refractivity contribution is 7.91. The van der Waals surface area contributed by atoms with Crippen molar-refractivity contribution in [1.82, 2.24) is 4.98 Å². The fraction of sp³-hybridized carbons (Fsp3) is 0.500. The van der Waals surface area contributed by atoms with Gasteiger partial charge in [-0.3, -0.25) is 4.79 Å². The van der Waals surface area contributed by atoms with Crippen LogP contribution in [0.2, 0.25) is 0 Å². The molecule has 0 atom stereocenters. The smallest absolute Gasteiger partial charge is 0.303 e. The lowest BCUT2D eigenvalue weighted by Crippen LogP contribution is -2.11. The van der Waals surface area contributed by atoms with Crippen molar-refractivity contribution in [2.75, 3.05) is 11.9 Å². The van der Waals surface area contributed by atoms with Crippen LogP contribution in [0.3, 0.4) is 0 Å². The van der Waals surface area contributed by atoms with Crippen LogP contribution in [0.25, 0.3) is 0 Å². The van der Waals surface area contributed by atoms with Gasteiger partial charge in [-0.05, 0) is 13.3 Å². The lowest BCUT2D eigenvalue weighted by atomic mass is 10.3. The van der Waals surface area contributed by atoms with Crippen LogP contribution in [0.4, 0.5) is 5.13 Å². The number of rotatable bonds is 6. The lowest BCUT2D eigenvalue weighted by molar-refractivity contribution is -0.137. The van der Waals surface area contributed by atoms with E-state index in [-0.39, 0.29) is 10.6 Å². The number of nitrogens with one attached hydrogen (secondary N) is 1. The van der Waals surface area contributed by atoms with Crippen molar-refractivity contribution in [3.8, 4) is 0 Å². The number of thiazole rings is 1. The number of aliphatic carboxylic acids is 1. The number of nitrogens with zero attached hydrogens (tertiary/aromatic N) is 1. The third kappa shape index (κ3) is 4.29. The molecule has 0 fully saturated rings. The monoisotopic (exact) mass is 279 g/mol. The molecule has 0 saturated heterocycles. The molecule has 1 aromatic heterocycles. The van der Waals surface area contributed by atoms with E-state index in [0.29, 0.717) is 23.8 Å². The van der Waals surface area contributed by atoms with Crippen LogP contribution in [0.5, 0.6) is 0 Å². The number of aromatic nitrogens is 1. The summed E-state index contributed by atoms with van der Waals surface area (Å²) in [6, 6.07) is 0. The zero-order chi connectivity index (χ0) is 13.1. The van der Waals surface area contributed by atoms with Gasteiger partial charge >= 0.3 is 5.97 Å². The first kappa shape index (κ1) is 13.9. The highest BCUT2D eigenvalue weighted by Gasteiger charge is 2.17. The van der Waals surface area contributed by atoms with E-state index >= 15 is 0 Å². The number of primary sulfonamides is 1. The van der Waals surface area contributed by atoms with Crippen LogP contribution in [0, 0.1) is 6.92 Å². The molecule has 0 aliphatic carbocycles. The molecule has 0 bridgehead atoms. The minimum Gasteiger partial charge on any atom is -0.481 e. The first-order chi connectivity index (χ1) is 7.80. The number of hydrogen-bond donors (Lipinski definition) is 3. The van der Waals surface area contributed by atoms with Crippen LogP contribution in [-0.4, -0.2) is 31.0 Å². The van der Waals surface area contributed by atoms with E-state index in [9.17, 15) is 13.2 Å². The molecule has 9 heteroatoms. The molecule has 0 unspecified atom stereocenters. The molecule has 1 heterocycles. The van der Waals surface area contributed by atoms with Gasteiger partial charge in [0, 0.05) is 13.0 Å². The Balaban J connectivity index is 2.60. The molecule has 1 aromatic rings. The second kappa shape index (κ2) is 5.43. The number of nitrogens with two attached hydrogens (primary N) is 1. The molecule has 0 spiro atoms. The summed E-state index contributed by atoms with van der Waals surface area (Å²) < 4.78 is 22.3. The Morgan fingerprint density at radius 3 is 2.71 bits per heavy atom. The maximum absolute atomic E-state index is 11.1. The quantitative estimate of drug-likeness (QED) is 0.647. The van der Waals surface area contributed by atoms with Crippen molar-refractivity contribution in [2.24, 2.45) is 5.14 Å². The van der Waals surface area contributed by atoms with Crippen molar-refractivity contribution in [1.29, 1.82) is 0 Å². The summed E-state index contributed by atoms with van der Waals surface area (Å²) in [5.41, 5.74) is 0.346. The fourth-order valence-electron chi connectivity index (χ4n) is 1.16. The second-order valence-electron chi connectivity index (χ2n) is 3.36. The number of sulfonamides is 1. The van der Waals surface area contributed by atoms with Crippen molar-refractivity contribution in [2.45, 2.75) is 24.0 Å². The molecule has 0 saturated carbocycles. The summed E-state index contributed by atoms with van der Waals surface area (Å²) in [7, 11) is -3.73. The van der Waals surface area contributed by atoms with Crippen molar-refractivity contribution >= 4 is 32.5 Å². The molecule has 0 aliphatic heterocycles. The Labute approximate surface area is 103 Å². The Morgan fingerprint density at radius 2 is 2.24 bits per heavy atom. The van der Waals surface area contributed by atoms with Crippen molar-refractivity contribution in [3.05, 3.63) is 5.69 Å². The minimum atomic E-state index is -3.73. The van der Waals surface area contributed by atoms with E-state index in [2.05, 4.69) is 10.3 Å². The summed E-state index contributed by atoms with van der Waals surface area (Å²) in [4.78, 5) is 14.3. The summed E-state index contributed by atoms with van der Waals surface area (Å²) in [6.07, 6.45) is 0.498. The molecule has 0 radical (unpaired) electrons. The number of carboxylic acids is 1. The Hall–Kier alpha value is -1.19. The molecular formula is C8H13N3O4S2. The Bertz CT molecular complexity index is 509. The summed E-state index contributed by atoms with van der Waals surface area (Å²) in [6.45, 7) is 1.97. The third-order valence-corrected chi connectivity index (χ3v) is 4.53. The van der Waals surface area contributed by atoms with Crippen molar-refractivity contribution in [3.63, 3.8) is 0 Å². The summed E-state index contributed by atoms with van der Waals surface area (Å²) in [5.74, 6) is -0.868. The lowest BCUT2D eigenvalue weighted by Gasteiger charge is -1.99. The fourth-order valence-corrected chi connectivity index (χ4v) is 3.04. The molecule has 96 valence electrons. The summed E-state index contributed by atoms with van der Waals surface area (Å²) in [5, 5.41) is 16.7. The van der Waals surface area contributed by atoms with Crippen LogP contribution in [0.1, 0.15) is 18.5 Å². The van der Waals surface area contributed by atoms with E-state index < -0.39 is 16.0 Å². The van der Waals surface area contributed by atoms with Crippen LogP contribution < -0.4 is 10.5 Å². The van der Waals surface area contributed by atoms with E-state index in [0.717, 1.165) is 11.3 Å². The number of hydrogen-bond acceptors (Lipinski definition) is 6. The minimum absolute atomic E-state index is 0.0261.